The van der Waals surface area contributed by atoms with E-state index in [9.17, 15) is 5.26 Å². The van der Waals surface area contributed by atoms with Gasteiger partial charge in [-0.3, -0.25) is 0 Å². The van der Waals surface area contributed by atoms with Crippen LogP contribution >= 0.6 is 23.2 Å². The van der Waals surface area contributed by atoms with Crippen LogP contribution in [0.15, 0.2) is 48.5 Å². The van der Waals surface area contributed by atoms with Gasteiger partial charge in [0.15, 0.2) is 0 Å². The SMILES string of the molecule is CCOc1ccccc1-c1cc(-c2ccc(Cl)cc2Cl)nc(N)c1C#N. The molecule has 0 fully saturated rings. The van der Waals surface area contributed by atoms with Gasteiger partial charge in [-0.1, -0.05) is 41.4 Å². The molecule has 0 aliphatic heterocycles. The Hall–Kier alpha value is -2.74. The van der Waals surface area contributed by atoms with Crippen molar-refractivity contribution in [3.63, 3.8) is 0 Å². The van der Waals surface area contributed by atoms with Gasteiger partial charge in [-0.05, 0) is 37.3 Å². The number of nitrogen functional groups attached to an aromatic ring is 1. The number of anilines is 1. The van der Waals surface area contributed by atoms with Gasteiger partial charge in [0.25, 0.3) is 0 Å². The standard InChI is InChI=1S/C20H15Cl2N3O/c1-2-26-19-6-4-3-5-13(19)15-10-18(25-20(24)16(15)11-23)14-8-7-12(21)9-17(14)22/h3-10H,2H2,1H3,(H2,24,25). The first-order chi connectivity index (χ1) is 12.5. The molecule has 2 aromatic carbocycles. The molecule has 0 atom stereocenters. The number of para-hydroxylation sites is 1. The normalized spacial score (nSPS) is 10.4. The molecule has 1 aromatic heterocycles. The van der Waals surface area contributed by atoms with E-state index in [0.29, 0.717) is 44.8 Å². The van der Waals surface area contributed by atoms with Crippen LogP contribution in [0, 0.1) is 11.3 Å². The molecule has 0 saturated carbocycles. The maximum atomic E-state index is 9.58. The number of nitrogens with zero attached hydrogens (tertiary/aromatic N) is 2. The zero-order valence-corrected chi connectivity index (χ0v) is 15.5. The minimum absolute atomic E-state index is 0.136. The van der Waals surface area contributed by atoms with Crippen molar-refractivity contribution in [3.05, 3.63) is 64.1 Å². The lowest BCUT2D eigenvalue weighted by Gasteiger charge is -2.14. The van der Waals surface area contributed by atoms with Crippen LogP contribution in [0.1, 0.15) is 12.5 Å². The average Bonchev–Trinajstić information content (AvgIpc) is 2.62. The number of aromatic nitrogens is 1. The Morgan fingerprint density at radius 2 is 1.85 bits per heavy atom. The molecule has 0 aliphatic carbocycles. The number of hydrogen-bond donors (Lipinski definition) is 1. The van der Waals surface area contributed by atoms with Crippen molar-refractivity contribution in [1.29, 1.82) is 5.26 Å². The third kappa shape index (κ3) is 3.45. The monoisotopic (exact) mass is 383 g/mol. The lowest BCUT2D eigenvalue weighted by atomic mass is 9.97. The zero-order chi connectivity index (χ0) is 18.7. The Morgan fingerprint density at radius 1 is 1.08 bits per heavy atom. The third-order valence-electron chi connectivity index (χ3n) is 3.84. The van der Waals surface area contributed by atoms with Gasteiger partial charge in [0.1, 0.15) is 23.2 Å². The number of pyridine rings is 1. The second kappa shape index (κ2) is 7.65. The minimum atomic E-state index is 0.136. The second-order valence-corrected chi connectivity index (χ2v) is 6.32. The lowest BCUT2D eigenvalue weighted by Crippen LogP contribution is -2.01. The molecular weight excluding hydrogens is 369 g/mol. The molecule has 130 valence electrons. The summed E-state index contributed by atoms with van der Waals surface area (Å²) in [4.78, 5) is 4.35. The summed E-state index contributed by atoms with van der Waals surface area (Å²) in [5, 5.41) is 10.6. The second-order valence-electron chi connectivity index (χ2n) is 5.48. The average molecular weight is 384 g/mol. The van der Waals surface area contributed by atoms with Crippen LogP contribution in [0.4, 0.5) is 5.82 Å². The van der Waals surface area contributed by atoms with Gasteiger partial charge in [-0.25, -0.2) is 4.98 Å². The van der Waals surface area contributed by atoms with Crippen molar-refractivity contribution < 1.29 is 4.74 Å². The predicted octanol–water partition coefficient (Wildman–Crippen LogP) is 5.57. The fourth-order valence-electron chi connectivity index (χ4n) is 2.70. The molecule has 0 unspecified atom stereocenters. The molecule has 3 rings (SSSR count). The van der Waals surface area contributed by atoms with Crippen LogP contribution in [-0.2, 0) is 0 Å². The summed E-state index contributed by atoms with van der Waals surface area (Å²) in [5.74, 6) is 0.808. The van der Waals surface area contributed by atoms with Gasteiger partial charge < -0.3 is 10.5 Å². The Balaban J connectivity index is 2.26. The summed E-state index contributed by atoms with van der Waals surface area (Å²) in [6.45, 7) is 2.41. The van der Waals surface area contributed by atoms with E-state index < -0.39 is 0 Å². The fourth-order valence-corrected chi connectivity index (χ4v) is 3.21. The van der Waals surface area contributed by atoms with Gasteiger partial charge in [0.05, 0.1) is 17.3 Å². The number of halogens is 2. The van der Waals surface area contributed by atoms with Gasteiger partial charge >= 0.3 is 0 Å². The van der Waals surface area contributed by atoms with Gasteiger partial charge in [-0.15, -0.1) is 0 Å². The largest absolute Gasteiger partial charge is 0.493 e. The van der Waals surface area contributed by atoms with Crippen molar-refractivity contribution in [2.45, 2.75) is 6.92 Å². The maximum absolute atomic E-state index is 9.58. The van der Waals surface area contributed by atoms with E-state index in [0.717, 1.165) is 5.56 Å². The van der Waals surface area contributed by atoms with Crippen molar-refractivity contribution in [2.24, 2.45) is 0 Å². The number of rotatable bonds is 4. The van der Waals surface area contributed by atoms with Crippen molar-refractivity contribution in [1.82, 2.24) is 4.98 Å². The molecule has 0 spiro atoms. The van der Waals surface area contributed by atoms with Crippen molar-refractivity contribution in [3.8, 4) is 34.2 Å². The molecule has 6 heteroatoms. The van der Waals surface area contributed by atoms with Crippen LogP contribution in [-0.4, -0.2) is 11.6 Å². The quantitative estimate of drug-likeness (QED) is 0.638. The zero-order valence-electron chi connectivity index (χ0n) is 14.0. The van der Waals surface area contributed by atoms with Crippen LogP contribution in [0.2, 0.25) is 10.0 Å². The van der Waals surface area contributed by atoms with E-state index in [1.54, 1.807) is 24.3 Å². The van der Waals surface area contributed by atoms with Crippen LogP contribution in [0.5, 0.6) is 5.75 Å². The van der Waals surface area contributed by atoms with Crippen LogP contribution < -0.4 is 10.5 Å². The molecule has 26 heavy (non-hydrogen) atoms. The van der Waals surface area contributed by atoms with E-state index in [-0.39, 0.29) is 5.82 Å². The minimum Gasteiger partial charge on any atom is -0.493 e. The Morgan fingerprint density at radius 3 is 2.54 bits per heavy atom. The highest BCUT2D eigenvalue weighted by Gasteiger charge is 2.17. The third-order valence-corrected chi connectivity index (χ3v) is 4.39. The van der Waals surface area contributed by atoms with Gasteiger partial charge in [-0.2, -0.15) is 5.26 Å². The molecule has 0 aliphatic rings. The molecule has 4 nitrogen and oxygen atoms in total. The molecule has 0 saturated heterocycles. The van der Waals surface area contributed by atoms with Crippen molar-refractivity contribution in [2.75, 3.05) is 12.3 Å². The van der Waals surface area contributed by atoms with Crippen molar-refractivity contribution >= 4 is 29.0 Å². The molecule has 3 aromatic rings. The summed E-state index contributed by atoms with van der Waals surface area (Å²) < 4.78 is 5.70. The first-order valence-corrected chi connectivity index (χ1v) is 8.69. The molecule has 1 heterocycles. The summed E-state index contributed by atoms with van der Waals surface area (Å²) in [7, 11) is 0. The highest BCUT2D eigenvalue weighted by Crippen LogP contribution is 2.38. The molecule has 0 bridgehead atoms. The van der Waals surface area contributed by atoms with Gasteiger partial charge in [0.2, 0.25) is 0 Å². The highest BCUT2D eigenvalue weighted by atomic mass is 35.5. The summed E-state index contributed by atoms with van der Waals surface area (Å²) >= 11 is 12.3. The Kier molecular flexibility index (Phi) is 5.32. The lowest BCUT2D eigenvalue weighted by molar-refractivity contribution is 0.341. The van der Waals surface area contributed by atoms with E-state index in [1.165, 1.54) is 0 Å². The summed E-state index contributed by atoms with van der Waals surface area (Å²) in [6.07, 6.45) is 0. The van der Waals surface area contributed by atoms with Crippen LogP contribution in [0.3, 0.4) is 0 Å². The molecular formula is C20H15Cl2N3O. The topological polar surface area (TPSA) is 71.9 Å². The predicted molar refractivity (Wildman–Crippen MR) is 105 cm³/mol. The number of hydrogen-bond acceptors (Lipinski definition) is 4. The van der Waals surface area contributed by atoms with E-state index in [1.807, 2.05) is 31.2 Å². The molecule has 0 radical (unpaired) electrons. The van der Waals surface area contributed by atoms with Gasteiger partial charge in [0, 0.05) is 21.7 Å². The summed E-state index contributed by atoms with van der Waals surface area (Å²) in [6, 6.07) is 16.6. The molecule has 0 amide bonds. The van der Waals surface area contributed by atoms with E-state index in [2.05, 4.69) is 11.1 Å². The first-order valence-electron chi connectivity index (χ1n) is 7.93. The molecule has 2 N–H and O–H groups in total. The first kappa shape index (κ1) is 18.1. The number of nitrogens with two attached hydrogens (primary N) is 1. The Bertz CT molecular complexity index is 1010. The number of benzene rings is 2. The number of ether oxygens (including phenoxy) is 1. The maximum Gasteiger partial charge on any atom is 0.142 e. The van der Waals surface area contributed by atoms with Crippen LogP contribution in [0.25, 0.3) is 22.4 Å². The van der Waals surface area contributed by atoms with E-state index >= 15 is 0 Å². The summed E-state index contributed by atoms with van der Waals surface area (Å²) in [5.41, 5.74) is 9.02. The fraction of sp³-hybridized carbons (Fsp3) is 0.100. The highest BCUT2D eigenvalue weighted by molar-refractivity contribution is 6.36. The smallest absolute Gasteiger partial charge is 0.142 e. The Labute approximate surface area is 161 Å². The number of nitriles is 1. The van der Waals surface area contributed by atoms with E-state index in [4.69, 9.17) is 33.7 Å².